The smallest absolute Gasteiger partial charge is 0.314 e. The Bertz CT molecular complexity index is 582. The van der Waals surface area contributed by atoms with Crippen LogP contribution in [0.25, 0.3) is 0 Å². The number of hydrogen-bond acceptors (Lipinski definition) is 15. The van der Waals surface area contributed by atoms with Gasteiger partial charge in [-0.05, 0) is 0 Å². The van der Waals surface area contributed by atoms with Crippen molar-refractivity contribution >= 4 is 15.6 Å². The lowest BCUT2D eigenvalue weighted by atomic mass is 10.4. The van der Waals surface area contributed by atoms with Gasteiger partial charge in [0.1, 0.15) is 0 Å². The first-order chi connectivity index (χ1) is 16.0. The van der Waals surface area contributed by atoms with Crippen LogP contribution in [-0.4, -0.2) is 125 Å². The summed E-state index contributed by atoms with van der Waals surface area (Å²) in [5, 5.41) is 18.8. The molecule has 0 aromatic carbocycles. The van der Waals surface area contributed by atoms with Gasteiger partial charge in [0.25, 0.3) is 0 Å². The van der Waals surface area contributed by atoms with Gasteiger partial charge < -0.3 is 21.3 Å². The monoisotopic (exact) mass is 514 g/mol. The lowest BCUT2D eigenvalue weighted by Crippen LogP contribution is -2.46. The van der Waals surface area contributed by atoms with Crippen molar-refractivity contribution in [3.8, 4) is 0 Å². The third-order valence-electron chi connectivity index (χ3n) is 5.37. The summed E-state index contributed by atoms with van der Waals surface area (Å²) >= 11 is 0. The molecule has 0 spiro atoms. The predicted octanol–water partition coefficient (Wildman–Crippen LogP) is -1.43. The molecule has 0 amide bonds. The second kappa shape index (κ2) is 12.8. The van der Waals surface area contributed by atoms with E-state index in [2.05, 4.69) is 21.3 Å². The van der Waals surface area contributed by atoms with Gasteiger partial charge in [-0.25, -0.2) is 9.13 Å². The van der Waals surface area contributed by atoms with E-state index in [0.29, 0.717) is 105 Å². The standard InChI is InChI=1S/C16H36N8O7P2/c25-32(27-21-9-1-17-2-10-21,28-22-11-3-18-4-12-22)31-33(26,29-23-13-5-19-6-14-23)30-24-15-7-20-8-16-24/h17-20H,1-16H2. The van der Waals surface area contributed by atoms with E-state index < -0.39 is 15.6 Å². The maximum atomic E-state index is 13.9. The molecule has 0 bridgehead atoms. The minimum absolute atomic E-state index is 0.472. The number of nitrogens with zero attached hydrogens (tertiary/aromatic N) is 4. The molecule has 0 aromatic heterocycles. The first-order valence-corrected chi connectivity index (χ1v) is 14.5. The number of phosphoric acid groups is 2. The molecule has 15 nitrogen and oxygen atoms in total. The Morgan fingerprint density at radius 3 is 0.848 bits per heavy atom. The van der Waals surface area contributed by atoms with Crippen LogP contribution in [0.4, 0.5) is 0 Å². The van der Waals surface area contributed by atoms with E-state index in [0.717, 1.165) is 0 Å². The van der Waals surface area contributed by atoms with E-state index in [9.17, 15) is 9.13 Å². The highest BCUT2D eigenvalue weighted by molar-refractivity contribution is 7.62. The molecule has 0 unspecified atom stereocenters. The van der Waals surface area contributed by atoms with Crippen LogP contribution < -0.4 is 21.3 Å². The second-order valence-corrected chi connectivity index (χ2v) is 11.1. The van der Waals surface area contributed by atoms with Crippen LogP contribution in [-0.2, 0) is 31.9 Å². The molecule has 0 radical (unpaired) electrons. The van der Waals surface area contributed by atoms with Crippen LogP contribution in [0.5, 0.6) is 0 Å². The van der Waals surface area contributed by atoms with Gasteiger partial charge in [-0.3, -0.25) is 0 Å². The predicted molar refractivity (Wildman–Crippen MR) is 118 cm³/mol. The van der Waals surface area contributed by atoms with Crippen LogP contribution in [0, 0.1) is 0 Å². The Morgan fingerprint density at radius 2 is 0.636 bits per heavy atom. The zero-order valence-corrected chi connectivity index (χ0v) is 20.6. The van der Waals surface area contributed by atoms with Gasteiger partial charge in [0.05, 0.1) is 0 Å². The third-order valence-corrected chi connectivity index (χ3v) is 8.69. The molecule has 17 heteroatoms. The van der Waals surface area contributed by atoms with Crippen LogP contribution in [0.3, 0.4) is 0 Å². The van der Waals surface area contributed by atoms with Crippen LogP contribution in [0.1, 0.15) is 0 Å². The van der Waals surface area contributed by atoms with Crippen LogP contribution >= 0.6 is 15.6 Å². The normalized spacial score (nSPS) is 25.9. The third kappa shape index (κ3) is 8.53. The van der Waals surface area contributed by atoms with E-state index in [1.807, 2.05) is 0 Å². The van der Waals surface area contributed by atoms with Crippen molar-refractivity contribution in [2.45, 2.75) is 0 Å². The van der Waals surface area contributed by atoms with Crippen molar-refractivity contribution in [3.63, 3.8) is 0 Å². The van der Waals surface area contributed by atoms with E-state index in [-0.39, 0.29) is 0 Å². The summed E-state index contributed by atoms with van der Waals surface area (Å²) in [6, 6.07) is 0. The molecule has 0 saturated carbocycles. The molecule has 0 aromatic rings. The molecule has 4 fully saturated rings. The lowest BCUT2D eigenvalue weighted by molar-refractivity contribution is -0.165. The molecule has 0 aliphatic carbocycles. The van der Waals surface area contributed by atoms with Gasteiger partial charge in [0.2, 0.25) is 0 Å². The molecule has 0 atom stereocenters. The molecule has 4 aliphatic rings. The molecule has 33 heavy (non-hydrogen) atoms. The van der Waals surface area contributed by atoms with Gasteiger partial charge in [-0.15, -0.1) is 0 Å². The maximum Gasteiger partial charge on any atom is 0.517 e. The number of hydroxylamine groups is 8. The molecule has 4 saturated heterocycles. The Labute approximate surface area is 194 Å². The molecule has 4 N–H and O–H groups in total. The van der Waals surface area contributed by atoms with Gasteiger partial charge in [-0.1, -0.05) is 0 Å². The minimum Gasteiger partial charge on any atom is -0.314 e. The average molecular weight is 514 g/mol. The SMILES string of the molecule is O=P(ON1CCNCC1)(ON1CCNCC1)OP(=O)(ON1CCNCC1)ON1CCNCC1. The Kier molecular flexibility index (Phi) is 10.1. The Hall–Kier alpha value is -0.0600. The summed E-state index contributed by atoms with van der Waals surface area (Å²) in [7, 11) is -8.83. The van der Waals surface area contributed by atoms with Gasteiger partial charge >= 0.3 is 15.6 Å². The van der Waals surface area contributed by atoms with Crippen molar-refractivity contribution in [2.75, 3.05) is 105 Å². The highest BCUT2D eigenvalue weighted by Gasteiger charge is 2.47. The first kappa shape index (κ1) is 26.0. The van der Waals surface area contributed by atoms with Crippen molar-refractivity contribution < 1.29 is 31.9 Å². The highest BCUT2D eigenvalue weighted by Crippen LogP contribution is 2.67. The van der Waals surface area contributed by atoms with Gasteiger partial charge in [-0.2, -0.15) is 43.1 Å². The molecule has 4 rings (SSSR count). The topological polar surface area (TPSA) is 141 Å². The number of piperazine rings is 4. The molecule has 192 valence electrons. The lowest BCUT2D eigenvalue weighted by Gasteiger charge is -2.36. The average Bonchev–Trinajstić information content (AvgIpc) is 2.81. The summed E-state index contributed by atoms with van der Waals surface area (Å²) < 4.78 is 56.2. The van der Waals surface area contributed by atoms with Crippen molar-refractivity contribution in [1.82, 2.24) is 41.5 Å². The van der Waals surface area contributed by atoms with Crippen molar-refractivity contribution in [2.24, 2.45) is 0 Å². The molecule has 4 heterocycles. The van der Waals surface area contributed by atoms with Crippen LogP contribution in [0.15, 0.2) is 0 Å². The van der Waals surface area contributed by atoms with Gasteiger partial charge in [0.15, 0.2) is 0 Å². The molecular formula is C16H36N8O7P2. The molecular weight excluding hydrogens is 478 g/mol. The fourth-order valence-corrected chi connectivity index (χ4v) is 6.98. The number of hydrogen-bond donors (Lipinski definition) is 4. The van der Waals surface area contributed by atoms with Crippen molar-refractivity contribution in [1.29, 1.82) is 0 Å². The largest absolute Gasteiger partial charge is 0.517 e. The van der Waals surface area contributed by atoms with Crippen LogP contribution in [0.2, 0.25) is 0 Å². The summed E-state index contributed by atoms with van der Waals surface area (Å²) in [5.74, 6) is 0. The van der Waals surface area contributed by atoms with Crippen molar-refractivity contribution in [3.05, 3.63) is 0 Å². The first-order valence-electron chi connectivity index (χ1n) is 11.5. The maximum absolute atomic E-state index is 13.9. The Morgan fingerprint density at radius 1 is 0.424 bits per heavy atom. The minimum atomic E-state index is -4.41. The van der Waals surface area contributed by atoms with E-state index in [1.165, 1.54) is 20.3 Å². The fourth-order valence-electron chi connectivity index (χ4n) is 3.68. The van der Waals surface area contributed by atoms with E-state index in [1.54, 1.807) is 0 Å². The highest BCUT2D eigenvalue weighted by atomic mass is 31.3. The summed E-state index contributed by atoms with van der Waals surface area (Å²) in [6.07, 6.45) is 0. The number of nitrogens with one attached hydrogen (secondary N) is 4. The Balaban J connectivity index is 1.51. The zero-order valence-electron chi connectivity index (χ0n) is 18.9. The quantitative estimate of drug-likeness (QED) is 0.253. The zero-order chi connectivity index (χ0) is 23.0. The number of rotatable bonds is 10. The van der Waals surface area contributed by atoms with Gasteiger partial charge in [0, 0.05) is 105 Å². The summed E-state index contributed by atoms with van der Waals surface area (Å²) in [5.41, 5.74) is 0. The molecule has 4 aliphatic heterocycles. The summed E-state index contributed by atoms with van der Waals surface area (Å²) in [4.78, 5) is 0. The fraction of sp³-hybridized carbons (Fsp3) is 1.00. The summed E-state index contributed by atoms with van der Waals surface area (Å²) in [6.45, 7) is 9.00. The van der Waals surface area contributed by atoms with E-state index >= 15 is 0 Å². The second-order valence-electron chi connectivity index (χ2n) is 8.02. The van der Waals surface area contributed by atoms with E-state index in [4.69, 9.17) is 22.8 Å².